The van der Waals surface area contributed by atoms with Gasteiger partial charge in [-0.3, -0.25) is 4.79 Å². The zero-order chi connectivity index (χ0) is 11.3. The summed E-state index contributed by atoms with van der Waals surface area (Å²) in [5.74, 6) is -0.832. The zero-order valence-corrected chi connectivity index (χ0v) is 9.16. The second kappa shape index (κ2) is 5.39. The van der Waals surface area contributed by atoms with Crippen LogP contribution in [0.3, 0.4) is 0 Å². The monoisotopic (exact) mass is 207 g/mol. The van der Waals surface area contributed by atoms with Crippen molar-refractivity contribution in [3.63, 3.8) is 0 Å². The summed E-state index contributed by atoms with van der Waals surface area (Å²) in [6, 6.07) is 7.28. The summed E-state index contributed by atoms with van der Waals surface area (Å²) in [5.41, 5.74) is 2.10. The Hall–Kier alpha value is -1.51. The van der Waals surface area contributed by atoms with Gasteiger partial charge in [-0.25, -0.2) is 0 Å². The maximum Gasteiger partial charge on any atom is 0.325 e. The lowest BCUT2D eigenvalue weighted by molar-refractivity contribution is -0.137. The van der Waals surface area contributed by atoms with Crippen LogP contribution in [0.25, 0.3) is 0 Å². The van der Waals surface area contributed by atoms with E-state index in [1.807, 2.05) is 24.3 Å². The molecule has 3 nitrogen and oxygen atoms in total. The van der Waals surface area contributed by atoms with Crippen molar-refractivity contribution in [2.45, 2.75) is 32.7 Å². The largest absolute Gasteiger partial charge is 0.480 e. The third-order valence-electron chi connectivity index (χ3n) is 2.28. The lowest BCUT2D eigenvalue weighted by Gasteiger charge is -2.14. The predicted molar refractivity (Wildman–Crippen MR) is 61.2 cm³/mol. The molecule has 0 aliphatic rings. The topological polar surface area (TPSA) is 49.3 Å². The second-order valence-electron chi connectivity index (χ2n) is 3.61. The highest BCUT2D eigenvalue weighted by Gasteiger charge is 2.11. The van der Waals surface area contributed by atoms with Crippen molar-refractivity contribution in [3.05, 3.63) is 29.8 Å². The van der Waals surface area contributed by atoms with Gasteiger partial charge in [-0.15, -0.1) is 0 Å². The summed E-state index contributed by atoms with van der Waals surface area (Å²) in [6.07, 6.45) is 2.02. The summed E-state index contributed by atoms with van der Waals surface area (Å²) in [5, 5.41) is 11.8. The maximum atomic E-state index is 10.7. The standard InChI is InChI=1S/C12H17NO2/c1-3-6-10-7-4-5-8-11(10)13-9(2)12(14)15/h4-5,7-9,13H,3,6H2,1-2H3,(H,14,15)/t9-/m0/s1. The highest BCUT2D eigenvalue weighted by molar-refractivity contribution is 5.77. The van der Waals surface area contributed by atoms with E-state index in [1.54, 1.807) is 6.92 Å². The molecule has 82 valence electrons. The fraction of sp³-hybridized carbons (Fsp3) is 0.417. The Morgan fingerprint density at radius 1 is 1.47 bits per heavy atom. The van der Waals surface area contributed by atoms with Crippen LogP contribution in [0.15, 0.2) is 24.3 Å². The Bertz CT molecular complexity index is 336. The van der Waals surface area contributed by atoms with Gasteiger partial charge >= 0.3 is 5.97 Å². The maximum absolute atomic E-state index is 10.7. The van der Waals surface area contributed by atoms with Gasteiger partial charge in [0, 0.05) is 5.69 Å². The van der Waals surface area contributed by atoms with Crippen molar-refractivity contribution in [1.29, 1.82) is 0 Å². The van der Waals surface area contributed by atoms with E-state index in [1.165, 1.54) is 5.56 Å². The summed E-state index contributed by atoms with van der Waals surface area (Å²) in [7, 11) is 0. The van der Waals surface area contributed by atoms with Crippen molar-refractivity contribution in [1.82, 2.24) is 0 Å². The minimum absolute atomic E-state index is 0.553. The lowest BCUT2D eigenvalue weighted by atomic mass is 10.1. The Balaban J connectivity index is 2.79. The van der Waals surface area contributed by atoms with Gasteiger partial charge in [0.2, 0.25) is 0 Å². The van der Waals surface area contributed by atoms with Crippen molar-refractivity contribution >= 4 is 11.7 Å². The van der Waals surface area contributed by atoms with Gasteiger partial charge in [0.25, 0.3) is 0 Å². The van der Waals surface area contributed by atoms with Crippen LogP contribution in [0.2, 0.25) is 0 Å². The molecule has 1 atom stereocenters. The normalized spacial score (nSPS) is 12.1. The number of anilines is 1. The molecule has 1 aromatic rings. The molecule has 0 aliphatic carbocycles. The molecule has 15 heavy (non-hydrogen) atoms. The molecule has 0 amide bonds. The second-order valence-corrected chi connectivity index (χ2v) is 3.61. The molecule has 0 spiro atoms. The number of hydrogen-bond acceptors (Lipinski definition) is 2. The van der Waals surface area contributed by atoms with E-state index >= 15 is 0 Å². The van der Waals surface area contributed by atoms with E-state index in [0.717, 1.165) is 18.5 Å². The number of benzene rings is 1. The molecule has 0 saturated heterocycles. The molecule has 0 bridgehead atoms. The van der Waals surface area contributed by atoms with Gasteiger partial charge in [-0.1, -0.05) is 31.5 Å². The van der Waals surface area contributed by atoms with E-state index in [-0.39, 0.29) is 0 Å². The molecule has 3 heteroatoms. The Morgan fingerprint density at radius 3 is 2.73 bits per heavy atom. The fourth-order valence-electron chi connectivity index (χ4n) is 1.44. The Kier molecular flexibility index (Phi) is 4.16. The first kappa shape index (κ1) is 11.6. The fourth-order valence-corrected chi connectivity index (χ4v) is 1.44. The molecule has 0 radical (unpaired) electrons. The SMILES string of the molecule is CCCc1ccccc1N[C@@H](C)C(=O)O. The summed E-state index contributed by atoms with van der Waals surface area (Å²) in [6.45, 7) is 3.75. The van der Waals surface area contributed by atoms with Gasteiger partial charge in [0.05, 0.1) is 0 Å². The van der Waals surface area contributed by atoms with Crippen LogP contribution in [0.1, 0.15) is 25.8 Å². The first-order valence-corrected chi connectivity index (χ1v) is 5.22. The van der Waals surface area contributed by atoms with Crippen LogP contribution in [-0.2, 0) is 11.2 Å². The van der Waals surface area contributed by atoms with E-state index in [4.69, 9.17) is 5.11 Å². The molecule has 1 rings (SSSR count). The molecule has 0 heterocycles. The number of nitrogens with one attached hydrogen (secondary N) is 1. The summed E-state index contributed by atoms with van der Waals surface area (Å²) >= 11 is 0. The first-order valence-electron chi connectivity index (χ1n) is 5.22. The number of carboxylic acids is 1. The minimum atomic E-state index is -0.832. The average molecular weight is 207 g/mol. The molecule has 0 fully saturated rings. The molecule has 0 unspecified atom stereocenters. The number of carboxylic acid groups (broad SMARTS) is 1. The molecular weight excluding hydrogens is 190 g/mol. The van der Waals surface area contributed by atoms with Gasteiger partial charge in [0.1, 0.15) is 6.04 Å². The van der Waals surface area contributed by atoms with E-state index in [0.29, 0.717) is 0 Å². The van der Waals surface area contributed by atoms with Crippen LogP contribution >= 0.6 is 0 Å². The van der Waals surface area contributed by atoms with Crippen LogP contribution < -0.4 is 5.32 Å². The average Bonchev–Trinajstić information content (AvgIpc) is 2.21. The van der Waals surface area contributed by atoms with Gasteiger partial charge in [-0.05, 0) is 25.0 Å². The summed E-state index contributed by atoms with van der Waals surface area (Å²) in [4.78, 5) is 10.7. The van der Waals surface area contributed by atoms with Crippen molar-refractivity contribution in [3.8, 4) is 0 Å². The number of aryl methyl sites for hydroxylation is 1. The Labute approximate surface area is 90.1 Å². The Morgan fingerprint density at radius 2 is 2.13 bits per heavy atom. The third-order valence-corrected chi connectivity index (χ3v) is 2.28. The van der Waals surface area contributed by atoms with E-state index < -0.39 is 12.0 Å². The quantitative estimate of drug-likeness (QED) is 0.780. The van der Waals surface area contributed by atoms with Gasteiger partial charge < -0.3 is 10.4 Å². The minimum Gasteiger partial charge on any atom is -0.480 e. The molecule has 1 aromatic carbocycles. The predicted octanol–water partition coefficient (Wildman–Crippen LogP) is 2.52. The number of hydrogen-bond donors (Lipinski definition) is 2. The number of rotatable bonds is 5. The van der Waals surface area contributed by atoms with Crippen molar-refractivity contribution in [2.24, 2.45) is 0 Å². The molecule has 2 N–H and O–H groups in total. The van der Waals surface area contributed by atoms with Crippen LogP contribution in [0.4, 0.5) is 5.69 Å². The smallest absolute Gasteiger partial charge is 0.325 e. The highest BCUT2D eigenvalue weighted by atomic mass is 16.4. The third kappa shape index (κ3) is 3.27. The zero-order valence-electron chi connectivity index (χ0n) is 9.16. The molecule has 0 saturated carbocycles. The van der Waals surface area contributed by atoms with Crippen LogP contribution in [0, 0.1) is 0 Å². The number of carbonyl (C=O) groups is 1. The number of aliphatic carboxylic acids is 1. The van der Waals surface area contributed by atoms with Crippen molar-refractivity contribution in [2.75, 3.05) is 5.32 Å². The molecule has 0 aliphatic heterocycles. The first-order chi connectivity index (χ1) is 7.15. The molecular formula is C12H17NO2. The van der Waals surface area contributed by atoms with Crippen LogP contribution in [0.5, 0.6) is 0 Å². The highest BCUT2D eigenvalue weighted by Crippen LogP contribution is 2.17. The van der Waals surface area contributed by atoms with E-state index in [2.05, 4.69) is 12.2 Å². The number of para-hydroxylation sites is 1. The van der Waals surface area contributed by atoms with Gasteiger partial charge in [0.15, 0.2) is 0 Å². The summed E-state index contributed by atoms with van der Waals surface area (Å²) < 4.78 is 0. The lowest BCUT2D eigenvalue weighted by Crippen LogP contribution is -2.25. The van der Waals surface area contributed by atoms with Crippen molar-refractivity contribution < 1.29 is 9.90 Å². The van der Waals surface area contributed by atoms with Gasteiger partial charge in [-0.2, -0.15) is 0 Å². The molecule has 0 aromatic heterocycles. The van der Waals surface area contributed by atoms with E-state index in [9.17, 15) is 4.79 Å². The van der Waals surface area contributed by atoms with Crippen LogP contribution in [-0.4, -0.2) is 17.1 Å².